The molecule has 2 aliphatic heterocycles. The summed E-state index contributed by atoms with van der Waals surface area (Å²) in [6.07, 6.45) is 9.25. The van der Waals surface area contributed by atoms with Gasteiger partial charge in [0.25, 0.3) is 0 Å². The molecule has 2 saturated heterocycles. The van der Waals surface area contributed by atoms with E-state index in [2.05, 4.69) is 24.3 Å². The van der Waals surface area contributed by atoms with Crippen LogP contribution < -0.4 is 0 Å². The molecule has 0 N–H and O–H groups in total. The van der Waals surface area contributed by atoms with E-state index in [0.29, 0.717) is 24.3 Å². The Bertz CT molecular complexity index is 744. The maximum Gasteiger partial charge on any atom is 0.222 e. The van der Waals surface area contributed by atoms with Gasteiger partial charge in [-0.3, -0.25) is 14.7 Å². The number of carbonyl (C=O) groups is 1. The van der Waals surface area contributed by atoms with Gasteiger partial charge in [0.1, 0.15) is 0 Å². The Morgan fingerprint density at radius 1 is 1.27 bits per heavy atom. The monoisotopic (exact) mass is 353 g/mol. The number of aromatic nitrogens is 3. The van der Waals surface area contributed by atoms with Gasteiger partial charge in [-0.05, 0) is 30.9 Å². The number of imidazole rings is 1. The normalized spacial score (nSPS) is 23.9. The number of hydrogen-bond acceptors (Lipinski definition) is 4. The Morgan fingerprint density at radius 2 is 2.19 bits per heavy atom. The summed E-state index contributed by atoms with van der Waals surface area (Å²) in [5.41, 5.74) is 2.32. The van der Waals surface area contributed by atoms with Gasteiger partial charge in [0.05, 0.1) is 12.0 Å². The first-order chi connectivity index (χ1) is 12.7. The quantitative estimate of drug-likeness (QED) is 0.823. The van der Waals surface area contributed by atoms with Crippen LogP contribution in [0.3, 0.4) is 0 Å². The van der Waals surface area contributed by atoms with Crippen molar-refractivity contribution in [3.8, 4) is 0 Å². The number of nitrogens with zero attached hydrogens (tertiary/aromatic N) is 5. The van der Waals surface area contributed by atoms with Crippen LogP contribution in [0.25, 0.3) is 0 Å². The van der Waals surface area contributed by atoms with E-state index in [9.17, 15) is 4.79 Å². The van der Waals surface area contributed by atoms with Crippen molar-refractivity contribution in [2.24, 2.45) is 13.0 Å². The second-order valence-electron chi connectivity index (χ2n) is 7.54. The van der Waals surface area contributed by atoms with Crippen molar-refractivity contribution in [3.05, 3.63) is 48.3 Å². The van der Waals surface area contributed by atoms with Crippen molar-refractivity contribution in [1.82, 2.24) is 24.3 Å². The molecule has 1 amide bonds. The van der Waals surface area contributed by atoms with Gasteiger partial charge in [-0.25, -0.2) is 4.98 Å². The lowest BCUT2D eigenvalue weighted by Crippen LogP contribution is -2.56. The van der Waals surface area contributed by atoms with Crippen molar-refractivity contribution >= 4 is 5.91 Å². The van der Waals surface area contributed by atoms with E-state index >= 15 is 0 Å². The summed E-state index contributed by atoms with van der Waals surface area (Å²) in [7, 11) is 2.05. The molecular weight excluding hydrogens is 326 g/mol. The third-order valence-corrected chi connectivity index (χ3v) is 5.86. The summed E-state index contributed by atoms with van der Waals surface area (Å²) in [6.45, 7) is 3.85. The Morgan fingerprint density at radius 3 is 2.96 bits per heavy atom. The molecule has 4 heterocycles. The van der Waals surface area contributed by atoms with Gasteiger partial charge >= 0.3 is 0 Å². The molecular formula is C20H27N5O. The summed E-state index contributed by atoms with van der Waals surface area (Å²) >= 11 is 0. The molecule has 0 aromatic carbocycles. The number of hydrogen-bond donors (Lipinski definition) is 0. The molecule has 6 heteroatoms. The van der Waals surface area contributed by atoms with Crippen LogP contribution in [0.15, 0.2) is 36.9 Å². The fourth-order valence-electron chi connectivity index (χ4n) is 4.41. The van der Waals surface area contributed by atoms with Gasteiger partial charge in [-0.15, -0.1) is 0 Å². The largest absolute Gasteiger partial charge is 0.339 e. The fraction of sp³-hybridized carbons (Fsp3) is 0.550. The predicted octanol–water partition coefficient (Wildman–Crippen LogP) is 1.87. The molecule has 4 rings (SSSR count). The number of amides is 1. The minimum Gasteiger partial charge on any atom is -0.339 e. The first-order valence-corrected chi connectivity index (χ1v) is 9.57. The van der Waals surface area contributed by atoms with Crippen LogP contribution in [-0.2, 0) is 24.8 Å². The molecule has 2 fully saturated rings. The van der Waals surface area contributed by atoms with Crippen LogP contribution in [0.1, 0.15) is 30.7 Å². The van der Waals surface area contributed by atoms with Crippen LogP contribution in [0.2, 0.25) is 0 Å². The van der Waals surface area contributed by atoms with E-state index in [0.717, 1.165) is 51.1 Å². The number of likely N-dealkylation sites (tertiary alicyclic amines) is 2. The van der Waals surface area contributed by atoms with Crippen molar-refractivity contribution in [3.63, 3.8) is 0 Å². The van der Waals surface area contributed by atoms with Crippen LogP contribution in [0.4, 0.5) is 0 Å². The van der Waals surface area contributed by atoms with E-state index in [1.165, 1.54) is 5.69 Å². The lowest BCUT2D eigenvalue weighted by atomic mass is 9.83. The van der Waals surface area contributed by atoms with Gasteiger partial charge < -0.3 is 9.47 Å². The Balaban J connectivity index is 1.38. The van der Waals surface area contributed by atoms with E-state index in [1.807, 2.05) is 44.0 Å². The summed E-state index contributed by atoms with van der Waals surface area (Å²) in [6, 6.07) is 6.38. The first-order valence-electron chi connectivity index (χ1n) is 9.57. The summed E-state index contributed by atoms with van der Waals surface area (Å²) in [5, 5.41) is 0. The Labute approximate surface area is 154 Å². The van der Waals surface area contributed by atoms with Crippen molar-refractivity contribution in [1.29, 1.82) is 0 Å². The zero-order valence-electron chi connectivity index (χ0n) is 15.4. The Kier molecular flexibility index (Phi) is 5.02. The molecule has 6 nitrogen and oxygen atoms in total. The van der Waals surface area contributed by atoms with E-state index < -0.39 is 0 Å². The molecule has 0 radical (unpaired) electrons. The van der Waals surface area contributed by atoms with Crippen LogP contribution in [0, 0.1) is 5.92 Å². The van der Waals surface area contributed by atoms with E-state index in [-0.39, 0.29) is 0 Å². The van der Waals surface area contributed by atoms with Crippen LogP contribution in [-0.4, -0.2) is 55.9 Å². The maximum absolute atomic E-state index is 12.5. The van der Waals surface area contributed by atoms with Crippen molar-refractivity contribution in [2.45, 2.75) is 38.3 Å². The highest BCUT2D eigenvalue weighted by molar-refractivity contribution is 5.77. The molecule has 0 aliphatic carbocycles. The molecule has 2 aromatic rings. The van der Waals surface area contributed by atoms with Crippen LogP contribution in [0.5, 0.6) is 0 Å². The Hall–Kier alpha value is -2.21. The fourth-order valence-corrected chi connectivity index (χ4v) is 4.41. The highest BCUT2D eigenvalue weighted by Gasteiger charge is 2.39. The molecule has 138 valence electrons. The first kappa shape index (κ1) is 17.2. The molecule has 0 bridgehead atoms. The average Bonchev–Trinajstić information content (AvgIpc) is 3.06. The number of carbonyl (C=O) groups excluding carboxylic acids is 1. The lowest BCUT2D eigenvalue weighted by Gasteiger charge is -2.47. The number of pyridine rings is 1. The molecule has 2 atom stereocenters. The van der Waals surface area contributed by atoms with Crippen LogP contribution >= 0.6 is 0 Å². The number of fused-ring (bicyclic) bond motifs is 1. The second kappa shape index (κ2) is 7.58. The number of piperidine rings is 2. The van der Waals surface area contributed by atoms with Gasteiger partial charge in [-0.1, -0.05) is 6.07 Å². The number of rotatable bonds is 5. The maximum atomic E-state index is 12.5. The van der Waals surface area contributed by atoms with Crippen molar-refractivity contribution in [2.75, 3.05) is 19.6 Å². The lowest BCUT2D eigenvalue weighted by molar-refractivity contribution is -0.141. The predicted molar refractivity (Wildman–Crippen MR) is 99.3 cm³/mol. The standard InChI is InChI=1S/C20H27N5O/c1-23-15-21-12-18(23)14-24-10-8-19-16(13-24)5-6-20(26)25(19)11-7-17-4-2-3-9-22-17/h2-4,9,12,15-16,19H,5-8,10-11,13-14H2,1H3/t16-,19+/m0/s1. The summed E-state index contributed by atoms with van der Waals surface area (Å²) < 4.78 is 2.09. The summed E-state index contributed by atoms with van der Waals surface area (Å²) in [5.74, 6) is 0.903. The van der Waals surface area contributed by atoms with Gasteiger partial charge in [0.2, 0.25) is 5.91 Å². The van der Waals surface area contributed by atoms with Crippen molar-refractivity contribution < 1.29 is 4.79 Å². The van der Waals surface area contributed by atoms with Gasteiger partial charge in [0.15, 0.2) is 0 Å². The number of aryl methyl sites for hydroxylation is 1. The zero-order valence-corrected chi connectivity index (χ0v) is 15.4. The highest BCUT2D eigenvalue weighted by Crippen LogP contribution is 2.32. The molecule has 2 aromatic heterocycles. The topological polar surface area (TPSA) is 54.3 Å². The molecule has 26 heavy (non-hydrogen) atoms. The minimum atomic E-state index is 0.322. The molecule has 2 aliphatic rings. The van der Waals surface area contributed by atoms with E-state index in [1.54, 1.807) is 0 Å². The molecule has 0 spiro atoms. The summed E-state index contributed by atoms with van der Waals surface area (Å²) in [4.78, 5) is 25.8. The third-order valence-electron chi connectivity index (χ3n) is 5.86. The third kappa shape index (κ3) is 3.65. The highest BCUT2D eigenvalue weighted by atomic mass is 16.2. The molecule has 0 unspecified atom stereocenters. The van der Waals surface area contributed by atoms with Gasteiger partial charge in [0, 0.05) is 70.2 Å². The van der Waals surface area contributed by atoms with E-state index in [4.69, 9.17) is 0 Å². The zero-order chi connectivity index (χ0) is 17.9. The second-order valence-corrected chi connectivity index (χ2v) is 7.54. The average molecular weight is 353 g/mol. The SMILES string of the molecule is Cn1cncc1CN1CC[C@@H]2[C@@H](CCC(=O)N2CCc2ccccn2)C1. The minimum absolute atomic E-state index is 0.322. The van der Waals surface area contributed by atoms with Gasteiger partial charge in [-0.2, -0.15) is 0 Å². The molecule has 0 saturated carbocycles. The smallest absolute Gasteiger partial charge is 0.222 e.